The average molecular weight is 399 g/mol. The van der Waals surface area contributed by atoms with Gasteiger partial charge >= 0.3 is 0 Å². The number of aryl methyl sites for hydroxylation is 1. The van der Waals surface area contributed by atoms with Crippen LogP contribution in [0.3, 0.4) is 0 Å². The Morgan fingerprint density at radius 1 is 1.07 bits per heavy atom. The summed E-state index contributed by atoms with van der Waals surface area (Å²) >= 11 is 5.39. The number of thiocarbonyl (C=S) groups is 1. The maximum Gasteiger partial charge on any atom is 0.261 e. The molecule has 0 radical (unpaired) electrons. The number of carbonyl (C=O) groups excluding carboxylic acids is 1. The van der Waals surface area contributed by atoms with Gasteiger partial charge in [-0.25, -0.2) is 0 Å². The minimum absolute atomic E-state index is 0.259. The number of ether oxygens (including phenoxy) is 1. The molecule has 1 aliphatic rings. The lowest BCUT2D eigenvalue weighted by Gasteiger charge is -2.35. The van der Waals surface area contributed by atoms with E-state index < -0.39 is 0 Å². The number of anilines is 2. The van der Waals surface area contributed by atoms with Gasteiger partial charge in [0.1, 0.15) is 5.75 Å². The van der Waals surface area contributed by atoms with E-state index in [9.17, 15) is 4.79 Å². The molecule has 2 aromatic rings. The third-order valence-corrected chi connectivity index (χ3v) is 5.09. The maximum absolute atomic E-state index is 12.7. The van der Waals surface area contributed by atoms with Crippen molar-refractivity contribution in [3.05, 3.63) is 53.6 Å². The Balaban J connectivity index is 1.71. The Kier molecular flexibility index (Phi) is 6.49. The summed E-state index contributed by atoms with van der Waals surface area (Å²) in [6.45, 7) is 5.84. The van der Waals surface area contributed by atoms with Crippen LogP contribution in [0.1, 0.15) is 15.9 Å². The zero-order chi connectivity index (χ0) is 20.1. The van der Waals surface area contributed by atoms with Crippen molar-refractivity contribution in [2.75, 3.05) is 50.6 Å². The Morgan fingerprint density at radius 3 is 2.50 bits per heavy atom. The monoisotopic (exact) mass is 398 g/mol. The van der Waals surface area contributed by atoms with Crippen LogP contribution in [-0.2, 0) is 0 Å². The van der Waals surface area contributed by atoms with Gasteiger partial charge in [-0.1, -0.05) is 24.3 Å². The molecule has 1 heterocycles. The molecule has 148 valence electrons. The second kappa shape index (κ2) is 9.03. The molecule has 2 aromatic carbocycles. The second-order valence-corrected chi connectivity index (χ2v) is 7.28. The van der Waals surface area contributed by atoms with Crippen molar-refractivity contribution in [3.63, 3.8) is 0 Å². The lowest BCUT2D eigenvalue weighted by molar-refractivity contribution is 0.0974. The molecule has 0 atom stereocenters. The van der Waals surface area contributed by atoms with E-state index in [-0.39, 0.29) is 11.0 Å². The van der Waals surface area contributed by atoms with Gasteiger partial charge in [0, 0.05) is 26.2 Å². The molecular weight excluding hydrogens is 372 g/mol. The Hall–Kier alpha value is -2.64. The molecule has 28 heavy (non-hydrogen) atoms. The number of piperazine rings is 1. The van der Waals surface area contributed by atoms with Crippen LogP contribution in [0.4, 0.5) is 11.4 Å². The molecule has 0 aromatic heterocycles. The molecule has 1 aliphatic heterocycles. The van der Waals surface area contributed by atoms with Crippen LogP contribution in [-0.4, -0.2) is 56.3 Å². The quantitative estimate of drug-likeness (QED) is 0.773. The summed E-state index contributed by atoms with van der Waals surface area (Å²) in [7, 11) is 3.69. The van der Waals surface area contributed by atoms with Crippen molar-refractivity contribution < 1.29 is 9.53 Å². The zero-order valence-corrected chi connectivity index (χ0v) is 17.3. The molecule has 0 aliphatic carbocycles. The highest BCUT2D eigenvalue weighted by molar-refractivity contribution is 7.80. The van der Waals surface area contributed by atoms with Gasteiger partial charge in [-0.2, -0.15) is 0 Å². The summed E-state index contributed by atoms with van der Waals surface area (Å²) in [5.41, 5.74) is 3.32. The van der Waals surface area contributed by atoms with Gasteiger partial charge in [0.2, 0.25) is 0 Å². The molecule has 0 spiro atoms. The van der Waals surface area contributed by atoms with E-state index >= 15 is 0 Å². The molecule has 7 heteroatoms. The largest absolute Gasteiger partial charge is 0.496 e. The van der Waals surface area contributed by atoms with Gasteiger partial charge in [0.15, 0.2) is 5.11 Å². The van der Waals surface area contributed by atoms with Crippen molar-refractivity contribution in [2.24, 2.45) is 0 Å². The molecule has 1 fully saturated rings. The van der Waals surface area contributed by atoms with Crippen molar-refractivity contribution in [2.45, 2.75) is 6.92 Å². The summed E-state index contributed by atoms with van der Waals surface area (Å²) in [6, 6.07) is 13.5. The summed E-state index contributed by atoms with van der Waals surface area (Å²) in [4.78, 5) is 17.3. The number of amides is 1. The normalized spacial score (nSPS) is 14.5. The zero-order valence-electron chi connectivity index (χ0n) is 16.5. The van der Waals surface area contributed by atoms with Gasteiger partial charge in [-0.05, 0) is 50.0 Å². The van der Waals surface area contributed by atoms with Gasteiger partial charge in [-0.15, -0.1) is 0 Å². The minimum atomic E-state index is -0.296. The van der Waals surface area contributed by atoms with Crippen LogP contribution in [0.2, 0.25) is 0 Å². The number of likely N-dealkylation sites (N-methyl/N-ethyl adjacent to an activating group) is 1. The lowest BCUT2D eigenvalue weighted by atomic mass is 10.1. The first-order chi connectivity index (χ1) is 13.5. The average Bonchev–Trinajstić information content (AvgIpc) is 2.69. The highest BCUT2D eigenvalue weighted by Gasteiger charge is 2.19. The first kappa shape index (κ1) is 20.1. The first-order valence-corrected chi connectivity index (χ1v) is 9.69. The fraction of sp³-hybridized carbons (Fsp3) is 0.333. The number of methoxy groups -OCH3 is 1. The van der Waals surface area contributed by atoms with E-state index in [4.69, 9.17) is 17.0 Å². The van der Waals surface area contributed by atoms with Gasteiger partial charge in [0.25, 0.3) is 5.91 Å². The van der Waals surface area contributed by atoms with Crippen LogP contribution in [0.15, 0.2) is 42.5 Å². The number of carbonyl (C=O) groups is 1. The van der Waals surface area contributed by atoms with E-state index in [1.807, 2.05) is 37.3 Å². The predicted molar refractivity (Wildman–Crippen MR) is 118 cm³/mol. The van der Waals surface area contributed by atoms with Crippen molar-refractivity contribution in [1.82, 2.24) is 10.2 Å². The van der Waals surface area contributed by atoms with E-state index in [0.29, 0.717) is 11.3 Å². The van der Waals surface area contributed by atoms with Crippen LogP contribution in [0.25, 0.3) is 0 Å². The third-order valence-electron chi connectivity index (χ3n) is 4.88. The molecule has 1 amide bonds. The number of hydrogen-bond acceptors (Lipinski definition) is 5. The van der Waals surface area contributed by atoms with Crippen LogP contribution in [0.5, 0.6) is 5.75 Å². The Bertz CT molecular complexity index is 863. The van der Waals surface area contributed by atoms with Gasteiger partial charge < -0.3 is 19.9 Å². The molecule has 0 saturated carbocycles. The third kappa shape index (κ3) is 4.61. The fourth-order valence-electron chi connectivity index (χ4n) is 3.33. The standard InChI is InChI=1S/C21H26N4O2S/c1-15-7-6-8-16(19(15)27-3)20(26)23-21(28)22-17-9-4-5-10-18(17)25-13-11-24(2)12-14-25/h4-10H,11-14H2,1-3H3,(H2,22,23,26,28). The summed E-state index contributed by atoms with van der Waals surface area (Å²) in [5.74, 6) is 0.260. The molecule has 2 N–H and O–H groups in total. The first-order valence-electron chi connectivity index (χ1n) is 9.28. The second-order valence-electron chi connectivity index (χ2n) is 6.87. The molecule has 1 saturated heterocycles. The molecule has 3 rings (SSSR count). The number of nitrogens with zero attached hydrogens (tertiary/aromatic N) is 2. The van der Waals surface area contributed by atoms with Crippen molar-refractivity contribution in [3.8, 4) is 5.75 Å². The van der Waals surface area contributed by atoms with Crippen molar-refractivity contribution >= 4 is 34.6 Å². The van der Waals surface area contributed by atoms with E-state index in [1.165, 1.54) is 0 Å². The van der Waals surface area contributed by atoms with E-state index in [1.54, 1.807) is 13.2 Å². The molecule has 0 unspecified atom stereocenters. The number of nitrogens with one attached hydrogen (secondary N) is 2. The number of hydrogen-bond donors (Lipinski definition) is 2. The van der Waals surface area contributed by atoms with Crippen LogP contribution >= 0.6 is 12.2 Å². The summed E-state index contributed by atoms with van der Waals surface area (Å²) < 4.78 is 5.37. The minimum Gasteiger partial charge on any atom is -0.496 e. The highest BCUT2D eigenvalue weighted by Crippen LogP contribution is 2.27. The topological polar surface area (TPSA) is 56.8 Å². The lowest BCUT2D eigenvalue weighted by Crippen LogP contribution is -2.45. The molecule has 6 nitrogen and oxygen atoms in total. The number of benzene rings is 2. The Morgan fingerprint density at radius 2 is 1.79 bits per heavy atom. The SMILES string of the molecule is COc1c(C)cccc1C(=O)NC(=S)Nc1ccccc1N1CCN(C)CC1. The number of rotatable bonds is 4. The van der Waals surface area contributed by atoms with Crippen LogP contribution in [0, 0.1) is 6.92 Å². The number of para-hydroxylation sites is 3. The summed E-state index contributed by atoms with van der Waals surface area (Å²) in [6.07, 6.45) is 0. The van der Waals surface area contributed by atoms with E-state index in [2.05, 4.69) is 33.5 Å². The molecule has 0 bridgehead atoms. The predicted octanol–water partition coefficient (Wildman–Crippen LogP) is 2.88. The van der Waals surface area contributed by atoms with Gasteiger partial charge in [0.05, 0.1) is 24.0 Å². The van der Waals surface area contributed by atoms with Crippen molar-refractivity contribution in [1.29, 1.82) is 0 Å². The Labute approximate surface area is 171 Å². The molecular formula is C21H26N4O2S. The maximum atomic E-state index is 12.7. The van der Waals surface area contributed by atoms with E-state index in [0.717, 1.165) is 43.1 Å². The van der Waals surface area contributed by atoms with Crippen LogP contribution < -0.4 is 20.3 Å². The smallest absolute Gasteiger partial charge is 0.261 e. The summed E-state index contributed by atoms with van der Waals surface area (Å²) in [5, 5.41) is 6.19. The highest BCUT2D eigenvalue weighted by atomic mass is 32.1. The van der Waals surface area contributed by atoms with Gasteiger partial charge in [-0.3, -0.25) is 10.1 Å². The fourth-order valence-corrected chi connectivity index (χ4v) is 3.53.